The SMILES string of the molecule is COc1cc(C(=O)N2CCCC(C)C2CN)ccc1C.Cl. The van der Waals surface area contributed by atoms with E-state index in [1.54, 1.807) is 7.11 Å². The second-order valence-electron chi connectivity index (χ2n) is 5.61. The quantitative estimate of drug-likeness (QED) is 0.933. The number of carbonyl (C=O) groups is 1. The van der Waals surface area contributed by atoms with E-state index in [-0.39, 0.29) is 24.4 Å². The predicted octanol–water partition coefficient (Wildman–Crippen LogP) is 2.62. The number of methoxy groups -OCH3 is 1. The molecule has 1 aromatic rings. The van der Waals surface area contributed by atoms with Crippen LogP contribution < -0.4 is 10.5 Å². The van der Waals surface area contributed by atoms with E-state index >= 15 is 0 Å². The van der Waals surface area contributed by atoms with Gasteiger partial charge in [-0.1, -0.05) is 13.0 Å². The van der Waals surface area contributed by atoms with Gasteiger partial charge in [-0.3, -0.25) is 4.79 Å². The summed E-state index contributed by atoms with van der Waals surface area (Å²) in [6.07, 6.45) is 2.19. The van der Waals surface area contributed by atoms with Crippen molar-refractivity contribution in [2.75, 3.05) is 20.2 Å². The molecule has 5 heteroatoms. The average Bonchev–Trinajstić information content (AvgIpc) is 2.46. The lowest BCUT2D eigenvalue weighted by Gasteiger charge is -2.39. The highest BCUT2D eigenvalue weighted by molar-refractivity contribution is 5.95. The Bertz CT molecular complexity index is 493. The van der Waals surface area contributed by atoms with Crippen LogP contribution in [0.3, 0.4) is 0 Å². The lowest BCUT2D eigenvalue weighted by atomic mass is 9.90. The van der Waals surface area contributed by atoms with Crippen LogP contribution in [0.1, 0.15) is 35.7 Å². The molecular formula is C16H25ClN2O2. The zero-order valence-corrected chi connectivity index (χ0v) is 13.8. The number of likely N-dealkylation sites (tertiary alicyclic amines) is 1. The van der Waals surface area contributed by atoms with Crippen LogP contribution in [0, 0.1) is 12.8 Å². The summed E-state index contributed by atoms with van der Waals surface area (Å²) >= 11 is 0. The first-order chi connectivity index (χ1) is 9.58. The molecule has 0 aromatic heterocycles. The van der Waals surface area contributed by atoms with E-state index < -0.39 is 0 Å². The maximum absolute atomic E-state index is 12.7. The molecule has 1 amide bonds. The monoisotopic (exact) mass is 312 g/mol. The average molecular weight is 313 g/mol. The highest BCUT2D eigenvalue weighted by Gasteiger charge is 2.31. The number of benzene rings is 1. The topological polar surface area (TPSA) is 55.6 Å². The van der Waals surface area contributed by atoms with E-state index in [1.807, 2.05) is 30.0 Å². The summed E-state index contributed by atoms with van der Waals surface area (Å²) in [5.74, 6) is 1.28. The zero-order valence-electron chi connectivity index (χ0n) is 13.0. The Hall–Kier alpha value is -1.26. The smallest absolute Gasteiger partial charge is 0.254 e. The summed E-state index contributed by atoms with van der Waals surface area (Å²) in [5.41, 5.74) is 7.58. The number of halogens is 1. The van der Waals surface area contributed by atoms with Crippen LogP contribution in [0.4, 0.5) is 0 Å². The van der Waals surface area contributed by atoms with Gasteiger partial charge in [0.15, 0.2) is 0 Å². The minimum atomic E-state index is 0. The van der Waals surface area contributed by atoms with Gasteiger partial charge in [0, 0.05) is 24.7 Å². The zero-order chi connectivity index (χ0) is 14.7. The normalized spacial score (nSPS) is 21.6. The van der Waals surface area contributed by atoms with E-state index in [2.05, 4.69) is 6.92 Å². The largest absolute Gasteiger partial charge is 0.496 e. The number of ether oxygens (including phenoxy) is 1. The number of hydrogen-bond donors (Lipinski definition) is 1. The van der Waals surface area contributed by atoms with Crippen LogP contribution in [0.15, 0.2) is 18.2 Å². The Labute approximate surface area is 133 Å². The lowest BCUT2D eigenvalue weighted by Crippen LogP contribution is -2.51. The molecule has 0 spiro atoms. The molecule has 2 rings (SSSR count). The van der Waals surface area contributed by atoms with E-state index in [0.29, 0.717) is 18.0 Å². The fourth-order valence-electron chi connectivity index (χ4n) is 2.98. The van der Waals surface area contributed by atoms with Crippen LogP contribution in [0.25, 0.3) is 0 Å². The molecule has 118 valence electrons. The maximum Gasteiger partial charge on any atom is 0.254 e. The van der Waals surface area contributed by atoms with Gasteiger partial charge in [0.05, 0.1) is 7.11 Å². The van der Waals surface area contributed by atoms with Gasteiger partial charge in [0.1, 0.15) is 5.75 Å². The van der Waals surface area contributed by atoms with Gasteiger partial charge in [-0.25, -0.2) is 0 Å². The van der Waals surface area contributed by atoms with Gasteiger partial charge in [-0.15, -0.1) is 12.4 Å². The summed E-state index contributed by atoms with van der Waals surface area (Å²) < 4.78 is 5.30. The molecule has 0 aliphatic carbocycles. The fourth-order valence-corrected chi connectivity index (χ4v) is 2.98. The van der Waals surface area contributed by atoms with Crippen LogP contribution >= 0.6 is 12.4 Å². The minimum Gasteiger partial charge on any atom is -0.496 e. The third-order valence-corrected chi connectivity index (χ3v) is 4.27. The van der Waals surface area contributed by atoms with E-state index in [1.165, 1.54) is 0 Å². The Morgan fingerprint density at radius 3 is 2.81 bits per heavy atom. The number of hydrogen-bond acceptors (Lipinski definition) is 3. The van der Waals surface area contributed by atoms with Crippen molar-refractivity contribution in [1.82, 2.24) is 4.90 Å². The Kier molecular flexibility index (Phi) is 6.49. The third-order valence-electron chi connectivity index (χ3n) is 4.27. The molecule has 0 bridgehead atoms. The predicted molar refractivity (Wildman–Crippen MR) is 87.3 cm³/mol. The third kappa shape index (κ3) is 3.69. The van der Waals surface area contributed by atoms with Crippen LogP contribution in [0.5, 0.6) is 5.75 Å². The van der Waals surface area contributed by atoms with Crippen molar-refractivity contribution in [1.29, 1.82) is 0 Å². The lowest BCUT2D eigenvalue weighted by molar-refractivity contribution is 0.0532. The number of nitrogens with zero attached hydrogens (tertiary/aromatic N) is 1. The number of carbonyl (C=O) groups excluding carboxylic acids is 1. The molecule has 0 radical (unpaired) electrons. The molecule has 1 aliphatic heterocycles. The highest BCUT2D eigenvalue weighted by Crippen LogP contribution is 2.26. The molecule has 21 heavy (non-hydrogen) atoms. The number of piperidine rings is 1. The Balaban J connectivity index is 0.00000220. The van der Waals surface area contributed by atoms with Crippen LogP contribution in [-0.4, -0.2) is 37.0 Å². The van der Waals surface area contributed by atoms with E-state index in [9.17, 15) is 4.79 Å². The van der Waals surface area contributed by atoms with Crippen molar-refractivity contribution in [2.24, 2.45) is 11.7 Å². The van der Waals surface area contributed by atoms with E-state index in [0.717, 1.165) is 30.7 Å². The first-order valence-electron chi connectivity index (χ1n) is 7.24. The highest BCUT2D eigenvalue weighted by atomic mass is 35.5. The molecule has 1 aliphatic rings. The Morgan fingerprint density at radius 1 is 1.48 bits per heavy atom. The number of nitrogens with two attached hydrogens (primary N) is 1. The van der Waals surface area contributed by atoms with Crippen LogP contribution in [-0.2, 0) is 0 Å². The van der Waals surface area contributed by atoms with Gasteiger partial charge >= 0.3 is 0 Å². The number of amides is 1. The molecule has 1 saturated heterocycles. The minimum absolute atomic E-state index is 0. The molecule has 1 heterocycles. The molecule has 4 nitrogen and oxygen atoms in total. The summed E-state index contributed by atoms with van der Waals surface area (Å²) in [6, 6.07) is 5.76. The van der Waals surface area contributed by atoms with Crippen molar-refractivity contribution < 1.29 is 9.53 Å². The molecule has 2 N–H and O–H groups in total. The molecule has 2 atom stereocenters. The van der Waals surface area contributed by atoms with Crippen molar-refractivity contribution >= 4 is 18.3 Å². The molecule has 1 aromatic carbocycles. The standard InChI is InChI=1S/C16H24N2O2.ClH/c1-11-5-4-8-18(14(11)10-17)16(19)13-7-6-12(2)15(9-13)20-3;/h6-7,9,11,14H,4-5,8,10,17H2,1-3H3;1H. The van der Waals surface area contributed by atoms with Crippen LogP contribution in [0.2, 0.25) is 0 Å². The second kappa shape index (κ2) is 7.66. The summed E-state index contributed by atoms with van der Waals surface area (Å²) in [7, 11) is 1.63. The van der Waals surface area contributed by atoms with E-state index in [4.69, 9.17) is 10.5 Å². The van der Waals surface area contributed by atoms with Gasteiger partial charge in [0.2, 0.25) is 0 Å². The second-order valence-corrected chi connectivity index (χ2v) is 5.61. The Morgan fingerprint density at radius 2 is 2.19 bits per heavy atom. The fraction of sp³-hybridized carbons (Fsp3) is 0.562. The van der Waals surface area contributed by atoms with Gasteiger partial charge in [0.25, 0.3) is 5.91 Å². The van der Waals surface area contributed by atoms with Crippen molar-refractivity contribution in [3.63, 3.8) is 0 Å². The van der Waals surface area contributed by atoms with Crippen molar-refractivity contribution in [2.45, 2.75) is 32.7 Å². The van der Waals surface area contributed by atoms with Gasteiger partial charge in [-0.2, -0.15) is 0 Å². The molecular weight excluding hydrogens is 288 g/mol. The van der Waals surface area contributed by atoms with Gasteiger partial charge < -0.3 is 15.4 Å². The summed E-state index contributed by atoms with van der Waals surface area (Å²) in [4.78, 5) is 14.6. The van der Waals surface area contributed by atoms with Crippen molar-refractivity contribution in [3.8, 4) is 5.75 Å². The first kappa shape index (κ1) is 17.8. The molecule has 1 fully saturated rings. The maximum atomic E-state index is 12.7. The summed E-state index contributed by atoms with van der Waals surface area (Å²) in [5, 5.41) is 0. The first-order valence-corrected chi connectivity index (χ1v) is 7.24. The molecule has 0 saturated carbocycles. The van der Waals surface area contributed by atoms with Crippen molar-refractivity contribution in [3.05, 3.63) is 29.3 Å². The molecule has 2 unspecified atom stereocenters. The number of aryl methyl sites for hydroxylation is 1. The number of rotatable bonds is 3. The van der Waals surface area contributed by atoms with Gasteiger partial charge in [-0.05, 0) is 43.4 Å². The summed E-state index contributed by atoms with van der Waals surface area (Å²) in [6.45, 7) is 5.46.